The van der Waals surface area contributed by atoms with Gasteiger partial charge in [0.1, 0.15) is 23.9 Å². The van der Waals surface area contributed by atoms with Crippen LogP contribution in [0.1, 0.15) is 53.7 Å². The number of likely N-dealkylation sites (tertiary alicyclic amines) is 1. The number of benzene rings is 2. The summed E-state index contributed by atoms with van der Waals surface area (Å²) in [5.41, 5.74) is 1.42. The van der Waals surface area contributed by atoms with Gasteiger partial charge in [-0.2, -0.15) is 5.10 Å². The van der Waals surface area contributed by atoms with Crippen LogP contribution < -0.4 is 11.0 Å². The van der Waals surface area contributed by atoms with Gasteiger partial charge in [-0.1, -0.05) is 42.5 Å². The number of rotatable bonds is 7. The molecule has 2 amide bonds. The lowest BCUT2D eigenvalue weighted by Gasteiger charge is -2.27. The summed E-state index contributed by atoms with van der Waals surface area (Å²) in [4.78, 5) is 41.0. The van der Waals surface area contributed by atoms with E-state index in [0.717, 1.165) is 18.4 Å². The maximum Gasteiger partial charge on any atom is 0.340 e. The minimum atomic E-state index is -1.36. The highest BCUT2D eigenvalue weighted by Gasteiger charge is 2.40. The highest BCUT2D eigenvalue weighted by molar-refractivity contribution is 5.89. The van der Waals surface area contributed by atoms with Gasteiger partial charge in [-0.05, 0) is 41.5 Å². The summed E-state index contributed by atoms with van der Waals surface area (Å²) in [6.45, 7) is -0.230. The third-order valence-corrected chi connectivity index (χ3v) is 6.54. The van der Waals surface area contributed by atoms with Crippen LogP contribution in [-0.2, 0) is 16.0 Å². The van der Waals surface area contributed by atoms with Gasteiger partial charge in [0.05, 0.1) is 19.0 Å². The van der Waals surface area contributed by atoms with E-state index in [0.29, 0.717) is 11.1 Å². The molecule has 2 aromatic carbocycles. The molecule has 3 atom stereocenters. The Bertz CT molecular complexity index is 1290. The number of carbonyl (C=O) groups excluding carboxylic acids is 2. The Hall–Kier alpha value is -3.82. The van der Waals surface area contributed by atoms with Crippen LogP contribution >= 0.6 is 0 Å². The third kappa shape index (κ3) is 5.01. The zero-order valence-electron chi connectivity index (χ0n) is 18.8. The monoisotopic (exact) mass is 481 g/mol. The van der Waals surface area contributed by atoms with Gasteiger partial charge in [0.25, 0.3) is 0 Å². The number of hydrogen-bond acceptors (Lipinski definition) is 4. The van der Waals surface area contributed by atoms with E-state index in [1.165, 1.54) is 11.0 Å². The van der Waals surface area contributed by atoms with Crippen LogP contribution in [0, 0.1) is 5.82 Å². The van der Waals surface area contributed by atoms with Gasteiger partial charge in [0, 0.05) is 6.42 Å². The average molecular weight is 482 g/mol. The minimum Gasteiger partial charge on any atom is -0.343 e. The summed E-state index contributed by atoms with van der Waals surface area (Å²) in [5.74, 6) is -1.01. The highest BCUT2D eigenvalue weighted by atomic mass is 19.1. The molecule has 0 radical (unpaired) electrons. The summed E-state index contributed by atoms with van der Waals surface area (Å²) in [5, 5.41) is 8.79. The Morgan fingerprint density at radius 2 is 1.91 bits per heavy atom. The summed E-state index contributed by atoms with van der Waals surface area (Å²) in [6, 6.07) is 12.4. The highest BCUT2D eigenvalue weighted by Crippen LogP contribution is 2.42. The lowest BCUT2D eigenvalue weighted by molar-refractivity contribution is -0.138. The van der Waals surface area contributed by atoms with E-state index in [1.807, 2.05) is 30.3 Å². The fourth-order valence-electron chi connectivity index (χ4n) is 4.63. The number of alkyl halides is 1. The Kier molecular flexibility index (Phi) is 6.19. The zero-order chi connectivity index (χ0) is 24.5. The van der Waals surface area contributed by atoms with Gasteiger partial charge >= 0.3 is 5.69 Å². The van der Waals surface area contributed by atoms with Crippen LogP contribution in [0.15, 0.2) is 53.3 Å². The Morgan fingerprint density at radius 3 is 2.57 bits per heavy atom. The van der Waals surface area contributed by atoms with Crippen molar-refractivity contribution in [3.63, 3.8) is 0 Å². The number of nitrogens with one attached hydrogen (secondary N) is 3. The molecule has 1 aromatic heterocycles. The molecule has 1 aliphatic carbocycles. The largest absolute Gasteiger partial charge is 0.343 e. The van der Waals surface area contributed by atoms with Crippen LogP contribution in [0.25, 0.3) is 0 Å². The first-order chi connectivity index (χ1) is 16.9. The minimum absolute atomic E-state index is 0.106. The second kappa shape index (κ2) is 9.44. The number of aromatic amines is 2. The Morgan fingerprint density at radius 1 is 1.14 bits per heavy atom. The SMILES string of the molecule is O=C(NC(c1ccccc1)c1ccc(C2CC2)c(F)c1)C1CC(F)CN1C(=O)Cc1n[nH]c(=O)[nH]1. The van der Waals surface area contributed by atoms with Crippen LogP contribution in [-0.4, -0.2) is 50.7 Å². The van der Waals surface area contributed by atoms with Crippen molar-refractivity contribution in [2.45, 2.75) is 49.9 Å². The molecule has 1 saturated carbocycles. The number of halogens is 2. The summed E-state index contributed by atoms with van der Waals surface area (Å²) < 4.78 is 29.2. The molecular weight excluding hydrogens is 456 g/mol. The first-order valence-electron chi connectivity index (χ1n) is 11.6. The molecule has 2 aliphatic rings. The van der Waals surface area contributed by atoms with E-state index < -0.39 is 35.8 Å². The van der Waals surface area contributed by atoms with Gasteiger partial charge in [-0.25, -0.2) is 18.7 Å². The number of aromatic nitrogens is 3. The number of H-pyrrole nitrogens is 2. The standard InChI is InChI=1S/C25H25F2N5O3/c26-17-11-20(32(13-17)22(33)12-21-28-25(35)31-30-21)24(34)29-23(15-4-2-1-3-5-15)16-8-9-18(14-6-7-14)19(27)10-16/h1-5,8-10,14,17,20,23H,6-7,11-13H2,(H,29,34)(H2,28,30,31,35). The molecule has 35 heavy (non-hydrogen) atoms. The van der Waals surface area contributed by atoms with E-state index in [4.69, 9.17) is 0 Å². The lowest BCUT2D eigenvalue weighted by atomic mass is 9.96. The number of amides is 2. The first-order valence-corrected chi connectivity index (χ1v) is 11.6. The maximum absolute atomic E-state index is 14.8. The van der Waals surface area contributed by atoms with E-state index in [2.05, 4.69) is 20.5 Å². The zero-order valence-corrected chi connectivity index (χ0v) is 18.8. The molecule has 10 heteroatoms. The summed E-state index contributed by atoms with van der Waals surface area (Å²) in [6.07, 6.45) is 0.156. The molecular formula is C25H25F2N5O3. The van der Waals surface area contributed by atoms with Gasteiger partial charge in [-0.15, -0.1) is 0 Å². The molecule has 3 unspecified atom stereocenters. The summed E-state index contributed by atoms with van der Waals surface area (Å²) in [7, 11) is 0. The van der Waals surface area contributed by atoms with Crippen molar-refractivity contribution in [3.8, 4) is 0 Å². The molecule has 5 rings (SSSR count). The number of hydrogen-bond donors (Lipinski definition) is 3. The predicted octanol–water partition coefficient (Wildman–Crippen LogP) is 2.50. The Balaban J connectivity index is 1.38. The number of nitrogens with zero attached hydrogens (tertiary/aromatic N) is 2. The molecule has 0 spiro atoms. The van der Waals surface area contributed by atoms with Crippen molar-refractivity contribution in [1.29, 1.82) is 0 Å². The van der Waals surface area contributed by atoms with Crippen molar-refractivity contribution in [2.75, 3.05) is 6.54 Å². The van der Waals surface area contributed by atoms with Crippen LogP contribution in [0.5, 0.6) is 0 Å². The second-order valence-corrected chi connectivity index (χ2v) is 9.10. The quantitative estimate of drug-likeness (QED) is 0.482. The molecule has 3 aromatic rings. The molecule has 2 fully saturated rings. The normalized spacial score (nSPS) is 20.6. The predicted molar refractivity (Wildman–Crippen MR) is 123 cm³/mol. The van der Waals surface area contributed by atoms with Gasteiger partial charge in [0.2, 0.25) is 11.8 Å². The fraction of sp³-hybridized carbons (Fsp3) is 0.360. The van der Waals surface area contributed by atoms with Crippen molar-refractivity contribution in [3.05, 3.63) is 87.3 Å². The fourth-order valence-corrected chi connectivity index (χ4v) is 4.63. The maximum atomic E-state index is 14.8. The third-order valence-electron chi connectivity index (χ3n) is 6.54. The number of carbonyl (C=O) groups is 2. The van der Waals surface area contributed by atoms with Crippen molar-refractivity contribution in [1.82, 2.24) is 25.4 Å². The molecule has 0 bridgehead atoms. The Labute approximate surface area is 199 Å². The smallest absolute Gasteiger partial charge is 0.340 e. The molecule has 3 N–H and O–H groups in total. The average Bonchev–Trinajstić information content (AvgIpc) is 3.49. The molecule has 1 aliphatic heterocycles. The molecule has 2 heterocycles. The van der Waals surface area contributed by atoms with Crippen LogP contribution in [0.4, 0.5) is 8.78 Å². The van der Waals surface area contributed by atoms with E-state index in [9.17, 15) is 23.2 Å². The van der Waals surface area contributed by atoms with Gasteiger partial charge in [0.15, 0.2) is 0 Å². The van der Waals surface area contributed by atoms with Crippen LogP contribution in [0.2, 0.25) is 0 Å². The van der Waals surface area contributed by atoms with Crippen molar-refractivity contribution < 1.29 is 18.4 Å². The lowest BCUT2D eigenvalue weighted by Crippen LogP contribution is -2.47. The summed E-state index contributed by atoms with van der Waals surface area (Å²) >= 11 is 0. The van der Waals surface area contributed by atoms with E-state index in [-0.39, 0.29) is 36.9 Å². The van der Waals surface area contributed by atoms with Crippen LogP contribution in [0.3, 0.4) is 0 Å². The van der Waals surface area contributed by atoms with Gasteiger partial charge < -0.3 is 10.2 Å². The van der Waals surface area contributed by atoms with E-state index >= 15 is 0 Å². The first kappa shape index (κ1) is 22.9. The topological polar surface area (TPSA) is 111 Å². The van der Waals surface area contributed by atoms with Crippen molar-refractivity contribution in [2.24, 2.45) is 0 Å². The van der Waals surface area contributed by atoms with E-state index in [1.54, 1.807) is 12.1 Å². The van der Waals surface area contributed by atoms with Crippen molar-refractivity contribution >= 4 is 11.8 Å². The second-order valence-electron chi connectivity index (χ2n) is 9.10. The molecule has 1 saturated heterocycles. The van der Waals surface area contributed by atoms with Gasteiger partial charge in [-0.3, -0.25) is 14.6 Å². The molecule has 8 nitrogen and oxygen atoms in total. The molecule has 182 valence electrons.